The van der Waals surface area contributed by atoms with Crippen molar-refractivity contribution in [3.05, 3.63) is 47.8 Å². The summed E-state index contributed by atoms with van der Waals surface area (Å²) in [7, 11) is 2.45. The Bertz CT molecular complexity index is 1930. The normalized spacial score (nSPS) is 19.1. The number of amides is 1. The van der Waals surface area contributed by atoms with E-state index in [-0.39, 0.29) is 42.8 Å². The van der Waals surface area contributed by atoms with Gasteiger partial charge in [0.05, 0.1) is 35.9 Å². The maximum atomic E-state index is 14.2. The molecule has 15 nitrogen and oxygen atoms in total. The van der Waals surface area contributed by atoms with E-state index >= 15 is 0 Å². The lowest BCUT2D eigenvalue weighted by atomic mass is 9.84. The Labute approximate surface area is 352 Å². The Hall–Kier alpha value is -3.64. The number of esters is 1. The molecule has 5 atom stereocenters. The molecule has 1 amide bonds. The molecule has 2 aliphatic rings. The Balaban J connectivity index is 1.58. The van der Waals surface area contributed by atoms with Crippen LogP contribution < -0.4 is 26.4 Å². The number of likely N-dealkylation sites (N-methyl/N-ethyl adjacent to an activating group) is 1. The molecule has 4 heterocycles. The number of fused-ring (bicyclic) bond motifs is 1. The molecule has 2 unspecified atom stereocenters. The van der Waals surface area contributed by atoms with Gasteiger partial charge in [-0.05, 0) is 107 Å². The lowest BCUT2D eigenvalue weighted by Gasteiger charge is -2.36. The molecule has 0 bridgehead atoms. The number of ether oxygens (including phenoxy) is 3. The molecular formula is C43H68N8O7S. The van der Waals surface area contributed by atoms with Crippen LogP contribution >= 0.6 is 0 Å². The second kappa shape index (κ2) is 21.2. The number of methoxy groups -OCH3 is 2. The summed E-state index contributed by atoms with van der Waals surface area (Å²) >= 11 is 0. The lowest BCUT2D eigenvalue weighted by Crippen LogP contribution is -2.57. The molecule has 1 aromatic carbocycles. The number of carbonyl (C=O) groups is 2. The van der Waals surface area contributed by atoms with Gasteiger partial charge in [-0.15, -0.1) is 0 Å². The molecule has 0 aliphatic carbocycles. The molecule has 2 fully saturated rings. The van der Waals surface area contributed by atoms with E-state index in [2.05, 4.69) is 63.9 Å². The molecule has 0 radical (unpaired) electrons. The van der Waals surface area contributed by atoms with Gasteiger partial charge < -0.3 is 34.3 Å². The van der Waals surface area contributed by atoms with Crippen LogP contribution in [0.1, 0.15) is 78.2 Å². The topological polar surface area (TPSA) is 168 Å². The molecule has 0 spiro atoms. The minimum Gasteiger partial charge on any atom is -0.464 e. The van der Waals surface area contributed by atoms with Gasteiger partial charge in [-0.25, -0.2) is 13.8 Å². The summed E-state index contributed by atoms with van der Waals surface area (Å²) in [6.07, 6.45) is 3.71. The van der Waals surface area contributed by atoms with Gasteiger partial charge >= 0.3 is 5.97 Å². The van der Waals surface area contributed by atoms with E-state index in [1.807, 2.05) is 50.9 Å². The molecule has 2 aliphatic heterocycles. The molecule has 0 saturated carbocycles. The maximum Gasteiger partial charge on any atom is 0.324 e. The summed E-state index contributed by atoms with van der Waals surface area (Å²) in [5.74, 6) is -0.142. The average molecular weight is 841 g/mol. The average Bonchev–Trinajstić information content (AvgIpc) is 3.84. The molecule has 328 valence electrons. The fourth-order valence-corrected chi connectivity index (χ4v) is 9.02. The van der Waals surface area contributed by atoms with E-state index in [4.69, 9.17) is 19.2 Å². The Morgan fingerprint density at radius 3 is 2.51 bits per heavy atom. The fourth-order valence-electron chi connectivity index (χ4n) is 8.64. The number of benzene rings is 1. The zero-order chi connectivity index (χ0) is 42.9. The van der Waals surface area contributed by atoms with E-state index in [0.717, 1.165) is 72.4 Å². The van der Waals surface area contributed by atoms with Gasteiger partial charge in [0.25, 0.3) is 0 Å². The maximum absolute atomic E-state index is 14.2. The predicted molar refractivity (Wildman–Crippen MR) is 233 cm³/mol. The minimum atomic E-state index is -2.73. The summed E-state index contributed by atoms with van der Waals surface area (Å²) < 4.78 is 44.3. The summed E-state index contributed by atoms with van der Waals surface area (Å²) in [6.45, 7) is 16.8. The summed E-state index contributed by atoms with van der Waals surface area (Å²) in [6, 6.07) is 9.23. The molecular weight excluding hydrogens is 773 g/mol. The number of nitrogens with zero attached hydrogens (tertiary/aromatic N) is 4. The number of anilines is 1. The number of hydrogen-bond donors (Lipinski definition) is 5. The molecule has 2 aromatic heterocycles. The first-order valence-electron chi connectivity index (χ1n) is 21.1. The third kappa shape index (κ3) is 11.6. The van der Waals surface area contributed by atoms with Gasteiger partial charge in [0.15, 0.2) is 0 Å². The summed E-state index contributed by atoms with van der Waals surface area (Å²) in [5.41, 5.74) is 11.0. The zero-order valence-corrected chi connectivity index (χ0v) is 37.4. The molecule has 2 saturated heterocycles. The standard InChI is InChI=1S/C43H68N8O7S/c1-10-50-36-16-15-31(51(21-22-59(54)55)42(57-9)47-40(52)38(28(2)3)49(7)26-30-17-20-44-25-30)23-33(36)34(39(50)32-13-11-18-45-37(32)29(4)56-8)24-43(5,6)27-58-41(53)35-14-12-19-46-48-35/h11,13,15-16,18,23,28-30,35,38,42,44,46,48,59H,10,12,14,17,19-22,24-27H2,1-9H3,(H,47,52)/t29-,30?,35-,38-,42?/m0/s1. The predicted octanol–water partition coefficient (Wildman–Crippen LogP) is 3.83. The molecule has 4 N–H and O–H groups in total. The van der Waals surface area contributed by atoms with Crippen LogP contribution in [-0.4, -0.2) is 120 Å². The lowest BCUT2D eigenvalue weighted by molar-refractivity contribution is -0.150. The Morgan fingerprint density at radius 1 is 1.10 bits per heavy atom. The highest BCUT2D eigenvalue weighted by Crippen LogP contribution is 2.42. The van der Waals surface area contributed by atoms with Crippen LogP contribution in [0.4, 0.5) is 5.69 Å². The first kappa shape index (κ1) is 46.4. The van der Waals surface area contributed by atoms with Crippen LogP contribution in [0.5, 0.6) is 0 Å². The Kier molecular flexibility index (Phi) is 16.7. The smallest absolute Gasteiger partial charge is 0.324 e. The SMILES string of the molecule is CCn1c(-c2cccnc2[C@H](C)OC)c(CC(C)(C)COC(=O)[C@@H]2CCCNN2)c2cc(N(CC[SH](=O)=O)C(NC(=O)[C@H](C(C)C)N(C)CC3CCNC3)OC)ccc21. The number of hydrazine groups is 1. The molecule has 59 heavy (non-hydrogen) atoms. The highest BCUT2D eigenvalue weighted by Gasteiger charge is 2.34. The molecule has 16 heteroatoms. The number of hydrogen-bond acceptors (Lipinski definition) is 13. The van der Waals surface area contributed by atoms with Crippen molar-refractivity contribution in [1.82, 2.24) is 35.9 Å². The van der Waals surface area contributed by atoms with Gasteiger partial charge in [-0.3, -0.25) is 24.9 Å². The monoisotopic (exact) mass is 840 g/mol. The van der Waals surface area contributed by atoms with Crippen molar-refractivity contribution in [2.24, 2.45) is 17.3 Å². The number of thiol groups is 1. The van der Waals surface area contributed by atoms with Gasteiger partial charge in [0.2, 0.25) is 12.3 Å². The number of nitrogens with one attached hydrogen (secondary N) is 4. The number of pyridine rings is 1. The quantitative estimate of drug-likeness (QED) is 0.0598. The van der Waals surface area contributed by atoms with E-state index in [1.54, 1.807) is 13.3 Å². The largest absolute Gasteiger partial charge is 0.464 e. The first-order valence-corrected chi connectivity index (χ1v) is 22.5. The van der Waals surface area contributed by atoms with Gasteiger partial charge in [0.1, 0.15) is 16.7 Å². The number of aromatic nitrogens is 2. The second-order valence-corrected chi connectivity index (χ2v) is 18.2. The minimum absolute atomic E-state index is 0.0130. The van der Waals surface area contributed by atoms with Crippen LogP contribution in [0.25, 0.3) is 22.2 Å². The van der Waals surface area contributed by atoms with Crippen LogP contribution in [-0.2, 0) is 47.5 Å². The van der Waals surface area contributed by atoms with Crippen LogP contribution in [0.3, 0.4) is 0 Å². The van der Waals surface area contributed by atoms with Gasteiger partial charge in [-0.1, -0.05) is 27.7 Å². The van der Waals surface area contributed by atoms with Crippen LogP contribution in [0.2, 0.25) is 0 Å². The van der Waals surface area contributed by atoms with E-state index in [1.165, 1.54) is 7.11 Å². The van der Waals surface area contributed by atoms with Crippen molar-refractivity contribution in [3.8, 4) is 11.3 Å². The van der Waals surface area contributed by atoms with E-state index < -0.39 is 34.6 Å². The third-order valence-corrected chi connectivity index (χ3v) is 12.2. The summed E-state index contributed by atoms with van der Waals surface area (Å²) in [5, 5.41) is 7.50. The number of carbonyl (C=O) groups excluding carboxylic acids is 2. The highest BCUT2D eigenvalue weighted by molar-refractivity contribution is 7.72. The van der Waals surface area contributed by atoms with Gasteiger partial charge in [-0.2, -0.15) is 0 Å². The fraction of sp³-hybridized carbons (Fsp3) is 0.651. The van der Waals surface area contributed by atoms with Crippen molar-refractivity contribution in [2.45, 2.75) is 98.3 Å². The van der Waals surface area contributed by atoms with Crippen molar-refractivity contribution < 1.29 is 32.2 Å². The number of aryl methyl sites for hydroxylation is 1. The second-order valence-electron chi connectivity index (χ2n) is 17.1. The van der Waals surface area contributed by atoms with Crippen molar-refractivity contribution >= 4 is 39.2 Å². The van der Waals surface area contributed by atoms with Crippen LogP contribution in [0.15, 0.2) is 36.5 Å². The molecule has 5 rings (SSSR count). The van der Waals surface area contributed by atoms with Gasteiger partial charge in [0, 0.05) is 74.2 Å². The highest BCUT2D eigenvalue weighted by atomic mass is 32.2. The van der Waals surface area contributed by atoms with Crippen molar-refractivity contribution in [2.75, 3.05) is 71.3 Å². The third-order valence-electron chi connectivity index (χ3n) is 11.6. The number of rotatable bonds is 21. The van der Waals surface area contributed by atoms with Crippen LogP contribution in [0, 0.1) is 17.3 Å². The first-order chi connectivity index (χ1) is 28.2. The zero-order valence-electron chi connectivity index (χ0n) is 36.5. The van der Waals surface area contributed by atoms with Crippen molar-refractivity contribution in [3.63, 3.8) is 0 Å². The Morgan fingerprint density at radius 2 is 1.88 bits per heavy atom. The molecule has 3 aromatic rings. The summed E-state index contributed by atoms with van der Waals surface area (Å²) in [4.78, 5) is 36.0. The van der Waals surface area contributed by atoms with E-state index in [0.29, 0.717) is 31.0 Å². The van der Waals surface area contributed by atoms with E-state index in [9.17, 15) is 18.0 Å². The van der Waals surface area contributed by atoms with Crippen molar-refractivity contribution in [1.29, 1.82) is 0 Å².